The van der Waals surface area contributed by atoms with E-state index in [1.54, 1.807) is 69.2 Å². The molecule has 35 nitrogen and oxygen atoms in total. The van der Waals surface area contributed by atoms with Gasteiger partial charge in [-0.05, 0) is 95.0 Å². The molecule has 2 rings (SSSR count). The molecule has 1 heterocycles. The van der Waals surface area contributed by atoms with E-state index in [-0.39, 0.29) is 62.5 Å². The number of alkyl halides is 3. The van der Waals surface area contributed by atoms with Crippen LogP contribution in [0.1, 0.15) is 147 Å². The Balaban J connectivity index is 3.34. The Bertz CT molecular complexity index is 3130. The molecule has 0 aliphatic carbocycles. The van der Waals surface area contributed by atoms with Gasteiger partial charge >= 0.3 is 24.2 Å². The van der Waals surface area contributed by atoms with Gasteiger partial charge in [0, 0.05) is 6.54 Å². The van der Waals surface area contributed by atoms with E-state index >= 15 is 14.4 Å². The first kappa shape index (κ1) is 89.6. The van der Waals surface area contributed by atoms with Crippen LogP contribution in [0.5, 0.6) is 0 Å². The molecule has 15 atom stereocenters. The number of amides is 12. The number of carbonyl (C=O) groups is 14. The molecule has 38 heteroatoms. The number of nitrogens with zero attached hydrogens (tertiary/aromatic N) is 1. The van der Waals surface area contributed by atoms with Crippen LogP contribution >= 0.6 is 0 Å². The predicted octanol–water partition coefficient (Wildman–Crippen LogP) is -2.76. The fourth-order valence-electron chi connectivity index (χ4n) is 10.2. The highest BCUT2D eigenvalue weighted by atomic mass is 19.4. The quantitative estimate of drug-likeness (QED) is 0.0155. The molecule has 0 spiro atoms. The summed E-state index contributed by atoms with van der Waals surface area (Å²) in [5.41, 5.74) is 15.1. The lowest BCUT2D eigenvalue weighted by Gasteiger charge is -2.35. The smallest absolute Gasteiger partial charge is 0.453 e. The van der Waals surface area contributed by atoms with Crippen LogP contribution < -0.4 is 75.7 Å². The number of aliphatic imine (C=N–C) groups is 1. The van der Waals surface area contributed by atoms with Crippen LogP contribution in [-0.2, 0) is 76.5 Å². The number of carbonyl (C=O) groups excluding carboxylic acids is 14. The monoisotopic (exact) mass is 1470 g/mol. The summed E-state index contributed by atoms with van der Waals surface area (Å²) in [6, 6.07) is -13.9. The zero-order chi connectivity index (χ0) is 78.7. The third-order valence-electron chi connectivity index (χ3n) is 15.5. The molecular formula is C65H104F3N15O20. The normalized spacial score (nSPS) is 23.3. The molecule has 1 aromatic carbocycles. The number of nitrogens with two attached hydrogens (primary N) is 3. The molecule has 0 aromatic heterocycles. The highest BCUT2D eigenvalue weighted by molar-refractivity contribution is 6.00. The number of nitrogens with one attached hydrogen (secondary N) is 11. The van der Waals surface area contributed by atoms with E-state index in [9.17, 15) is 81.2 Å². The van der Waals surface area contributed by atoms with Gasteiger partial charge in [0.2, 0.25) is 65.0 Å². The predicted molar refractivity (Wildman–Crippen MR) is 361 cm³/mol. The van der Waals surface area contributed by atoms with Crippen molar-refractivity contribution < 1.29 is 110 Å². The second-order valence-corrected chi connectivity index (χ2v) is 27.5. The zero-order valence-electron chi connectivity index (χ0n) is 60.3. The summed E-state index contributed by atoms with van der Waals surface area (Å²) < 4.78 is 59.4. The van der Waals surface area contributed by atoms with E-state index in [4.69, 9.17) is 31.4 Å². The van der Waals surface area contributed by atoms with Gasteiger partial charge in [-0.25, -0.2) is 14.4 Å². The first-order valence-electron chi connectivity index (χ1n) is 33.6. The minimum Gasteiger partial charge on any atom is -0.453 e. The number of primary amides is 1. The Labute approximate surface area is 594 Å². The van der Waals surface area contributed by atoms with Crippen molar-refractivity contribution >= 4 is 89.0 Å². The third kappa shape index (κ3) is 30.6. The van der Waals surface area contributed by atoms with Gasteiger partial charge < -0.3 is 105 Å². The number of benzene rings is 1. The summed E-state index contributed by atoms with van der Waals surface area (Å²) in [5.74, 6) is -23.7. The van der Waals surface area contributed by atoms with Crippen molar-refractivity contribution in [2.75, 3.05) is 19.7 Å². The molecular weight excluding hydrogens is 1370 g/mol. The van der Waals surface area contributed by atoms with E-state index in [1.807, 2.05) is 10.6 Å². The number of aliphatic hydroxyl groups is 3. The number of halogens is 3. The van der Waals surface area contributed by atoms with Gasteiger partial charge in [0.15, 0.2) is 24.2 Å². The van der Waals surface area contributed by atoms with Gasteiger partial charge in [0.25, 0.3) is 0 Å². The van der Waals surface area contributed by atoms with Gasteiger partial charge in [-0.1, -0.05) is 106 Å². The SMILES string of the molecule is CC[C@H](C)[C@@H]1NC(=O)[C@@H](CCCN=C(N)N)NC(=O)[C@H](CC(C)C)NC(=O)[C@H]([C@H](OC(=O)C(F)(F)F)C(C)C)NC(=O)[C@@H](NC(=O)[C@H](CC(C)C)NC(=O)[C@@H](CC(C)C)NC(=O)OC(C)(C)C)[C@@H](c2ccccc2)OC(=O)[C@H](CO)NC(=O)[C@H]([C@H](O)C(N)=O)NC(=O)CNC(=O)[C@H]([C@H](C)O)NC1=O. The molecule has 1 fully saturated rings. The number of ether oxygens (including phenoxy) is 3. The largest absolute Gasteiger partial charge is 0.490 e. The number of hydrogen-bond acceptors (Lipinski definition) is 21. The highest BCUT2D eigenvalue weighted by Gasteiger charge is 2.48. The summed E-state index contributed by atoms with van der Waals surface area (Å²) >= 11 is 0. The number of hydrogen-bond donors (Lipinski definition) is 17. The lowest BCUT2D eigenvalue weighted by Crippen LogP contribution is -2.64. The van der Waals surface area contributed by atoms with Crippen LogP contribution in [0.2, 0.25) is 0 Å². The van der Waals surface area contributed by atoms with Gasteiger partial charge in [0.05, 0.1) is 19.3 Å². The molecule has 0 saturated carbocycles. The molecule has 1 aliphatic rings. The number of esters is 2. The Kier molecular flexibility index (Phi) is 36.2. The molecule has 1 aliphatic heterocycles. The van der Waals surface area contributed by atoms with Crippen molar-refractivity contribution in [3.05, 3.63) is 35.9 Å². The van der Waals surface area contributed by atoms with Gasteiger partial charge in [-0.15, -0.1) is 0 Å². The maximum Gasteiger partial charge on any atom is 0.490 e. The lowest BCUT2D eigenvalue weighted by atomic mass is 9.95. The van der Waals surface area contributed by atoms with Gasteiger partial charge in [-0.2, -0.15) is 13.2 Å². The van der Waals surface area contributed by atoms with Crippen molar-refractivity contribution in [3.8, 4) is 0 Å². The molecule has 0 radical (unpaired) electrons. The Morgan fingerprint density at radius 3 is 1.68 bits per heavy atom. The lowest BCUT2D eigenvalue weighted by molar-refractivity contribution is -0.208. The minimum absolute atomic E-state index is 0.0483. The average molecular weight is 1470 g/mol. The summed E-state index contributed by atoms with van der Waals surface area (Å²) in [5, 5.41) is 57.8. The maximum absolute atomic E-state index is 15.8. The number of aliphatic hydroxyl groups excluding tert-OH is 3. The van der Waals surface area contributed by atoms with Crippen LogP contribution in [0.4, 0.5) is 18.0 Å². The van der Waals surface area contributed by atoms with Gasteiger partial charge in [0.1, 0.15) is 66.1 Å². The number of cyclic esters (lactones) is 1. The summed E-state index contributed by atoms with van der Waals surface area (Å²) in [6.45, 7) is 18.1. The molecule has 20 N–H and O–H groups in total. The second-order valence-electron chi connectivity index (χ2n) is 27.5. The van der Waals surface area contributed by atoms with Crippen LogP contribution in [0.3, 0.4) is 0 Å². The van der Waals surface area contributed by atoms with E-state index in [0.717, 1.165) is 20.8 Å². The van der Waals surface area contributed by atoms with E-state index in [2.05, 4.69) is 52.8 Å². The van der Waals surface area contributed by atoms with E-state index < -0.39 is 216 Å². The molecule has 0 unspecified atom stereocenters. The average Bonchev–Trinajstić information content (AvgIpc) is 0.808. The van der Waals surface area contributed by atoms with Gasteiger partial charge in [-0.3, -0.25) is 57.7 Å². The highest BCUT2D eigenvalue weighted by Crippen LogP contribution is 2.27. The second kappa shape index (κ2) is 41.6. The number of alkyl carbamates (subject to hydrolysis) is 1. The summed E-state index contributed by atoms with van der Waals surface area (Å²) in [4.78, 5) is 203. The summed E-state index contributed by atoms with van der Waals surface area (Å²) in [7, 11) is 0. The molecule has 103 heavy (non-hydrogen) atoms. The number of guanidine groups is 1. The van der Waals surface area contributed by atoms with Crippen molar-refractivity contribution in [2.24, 2.45) is 51.8 Å². The van der Waals surface area contributed by atoms with Crippen molar-refractivity contribution in [2.45, 2.75) is 232 Å². The Morgan fingerprint density at radius 2 is 1.17 bits per heavy atom. The van der Waals surface area contributed by atoms with E-state index in [1.165, 1.54) is 37.3 Å². The molecule has 12 amide bonds. The molecule has 1 aromatic rings. The fourth-order valence-corrected chi connectivity index (χ4v) is 10.2. The topological polar surface area (TPSA) is 550 Å². The Hall–Kier alpha value is -9.46. The molecule has 1 saturated heterocycles. The first-order chi connectivity index (χ1) is 47.7. The molecule has 0 bridgehead atoms. The van der Waals surface area contributed by atoms with Crippen molar-refractivity contribution in [3.63, 3.8) is 0 Å². The third-order valence-corrected chi connectivity index (χ3v) is 15.5. The van der Waals surface area contributed by atoms with Crippen LogP contribution in [0, 0.1) is 29.6 Å². The zero-order valence-corrected chi connectivity index (χ0v) is 60.3. The van der Waals surface area contributed by atoms with Crippen LogP contribution in [0.25, 0.3) is 0 Å². The summed E-state index contributed by atoms with van der Waals surface area (Å²) in [6.07, 6.45) is -17.0. The fraction of sp³-hybridized carbons (Fsp3) is 0.677. The molecule has 580 valence electrons. The van der Waals surface area contributed by atoms with E-state index in [0.29, 0.717) is 0 Å². The van der Waals surface area contributed by atoms with Crippen LogP contribution in [-0.4, -0.2) is 214 Å². The van der Waals surface area contributed by atoms with Crippen LogP contribution in [0.15, 0.2) is 35.3 Å². The van der Waals surface area contributed by atoms with Crippen molar-refractivity contribution in [1.29, 1.82) is 0 Å². The minimum atomic E-state index is -5.79. The standard InChI is InChI=1S/C65H104F3N15O20/c1-15-33(10)42-56(94)81-43(34(11)85)55(93)73-27-41(86)79-44(47(87)50(69)88)57(95)77-40(28-84)60(98)101-49(35-20-17-16-18-21-35)46(82-54(92)38(25-30(4)5)75-53(91)39(26-31(6)7)78-63(100)103-64(12,13)14)59(97)83-45(48(32(8)9)102-61(99)65(66,67)68)58(96)76-37(24-29(2)3)52(90)74-36(51(89)80-42)22-19-23-72-62(70)71/h16-18,20-21,29-34,36-40,42-49,84-85,87H,15,19,22-28H2,1-14H3,(H2,69,88)(H,73,93)(H,74,90)(H,75,91)(H,76,96)(H,77,95)(H,78,100)(H,79,86)(H,80,89)(H,81,94)(H,82,92)(H,83,97)(H4,70,71,72)/t33-,34-,36+,37-,38-,39+,40-,42-,43-,44-,45-,46-,47-,48+,49+/m0/s1. The van der Waals surface area contributed by atoms with Crippen molar-refractivity contribution in [1.82, 2.24) is 58.5 Å². The number of rotatable bonds is 25. The first-order valence-corrected chi connectivity index (χ1v) is 33.6. The Morgan fingerprint density at radius 1 is 0.650 bits per heavy atom. The maximum atomic E-state index is 15.8.